The second kappa shape index (κ2) is 6.88. The van der Waals surface area contributed by atoms with Crippen molar-refractivity contribution in [3.8, 4) is 0 Å². The van der Waals surface area contributed by atoms with Crippen molar-refractivity contribution < 1.29 is 23.1 Å². The molecule has 1 aromatic heterocycles. The molecule has 0 fully saturated rings. The van der Waals surface area contributed by atoms with Gasteiger partial charge in [0, 0.05) is 22.6 Å². The van der Waals surface area contributed by atoms with Crippen LogP contribution in [0.1, 0.15) is 33.1 Å². The first kappa shape index (κ1) is 18.4. The van der Waals surface area contributed by atoms with Gasteiger partial charge in [-0.25, -0.2) is 13.2 Å². The molecular weight excluding hydrogens is 398 g/mol. The molecule has 4 rings (SSSR count). The average Bonchev–Trinajstić information content (AvgIpc) is 3.12. The van der Waals surface area contributed by atoms with E-state index in [-0.39, 0.29) is 33.6 Å². The van der Waals surface area contributed by atoms with Gasteiger partial charge in [0.2, 0.25) is 15.7 Å². The van der Waals surface area contributed by atoms with E-state index in [9.17, 15) is 18.0 Å². The molecule has 142 valence electrons. The Morgan fingerprint density at radius 2 is 1.75 bits per heavy atom. The highest BCUT2D eigenvalue weighted by Crippen LogP contribution is 2.45. The first-order chi connectivity index (χ1) is 13.4. The summed E-state index contributed by atoms with van der Waals surface area (Å²) < 4.78 is 26.1. The molecule has 2 aromatic carbocycles. The molecule has 2 N–H and O–H groups in total. The molecule has 1 atom stereocenters. The van der Waals surface area contributed by atoms with Crippen LogP contribution in [0.4, 0.5) is 5.69 Å². The number of amides is 1. The number of fused-ring (bicyclic) bond motifs is 1. The lowest BCUT2D eigenvalue weighted by molar-refractivity contribution is -0.116. The number of sulfone groups is 1. The van der Waals surface area contributed by atoms with Gasteiger partial charge in [0.15, 0.2) is 0 Å². The van der Waals surface area contributed by atoms with Crippen LogP contribution in [-0.2, 0) is 14.6 Å². The highest BCUT2D eigenvalue weighted by molar-refractivity contribution is 7.91. The molecule has 2 heterocycles. The summed E-state index contributed by atoms with van der Waals surface area (Å²) in [6.45, 7) is 0. The fraction of sp³-hybridized carbons (Fsp3) is 0.100. The number of rotatable bonds is 4. The molecule has 6 nitrogen and oxygen atoms in total. The van der Waals surface area contributed by atoms with Gasteiger partial charge in [0.25, 0.3) is 0 Å². The highest BCUT2D eigenvalue weighted by atomic mass is 32.2. The topological polar surface area (TPSA) is 101 Å². The summed E-state index contributed by atoms with van der Waals surface area (Å²) in [4.78, 5) is 24.4. The fourth-order valence-electron chi connectivity index (χ4n) is 3.26. The molecule has 1 unspecified atom stereocenters. The maximum Gasteiger partial charge on any atom is 0.335 e. The molecule has 0 radical (unpaired) electrons. The summed E-state index contributed by atoms with van der Waals surface area (Å²) in [6, 6.07) is 14.4. The first-order valence-electron chi connectivity index (χ1n) is 8.42. The Hall–Kier alpha value is -2.97. The smallest absolute Gasteiger partial charge is 0.335 e. The van der Waals surface area contributed by atoms with E-state index in [1.807, 2.05) is 0 Å². The summed E-state index contributed by atoms with van der Waals surface area (Å²) in [6.07, 6.45) is 0.171. The lowest BCUT2D eigenvalue weighted by atomic mass is 9.90. The van der Waals surface area contributed by atoms with E-state index in [4.69, 9.17) is 5.11 Å². The number of benzene rings is 2. The SMILES string of the molecule is O=C1CC(c2ccc(C(=O)O)cc2)c2scc(S(=O)(=O)c3ccccc3)c2N1. The number of carbonyl (C=O) groups is 2. The van der Waals surface area contributed by atoms with Crippen molar-refractivity contribution >= 4 is 38.7 Å². The van der Waals surface area contributed by atoms with Crippen molar-refractivity contribution in [2.24, 2.45) is 0 Å². The van der Waals surface area contributed by atoms with E-state index in [1.54, 1.807) is 35.7 Å². The number of carbonyl (C=O) groups excluding carboxylic acids is 1. The van der Waals surface area contributed by atoms with Crippen LogP contribution < -0.4 is 5.32 Å². The molecule has 0 spiro atoms. The Morgan fingerprint density at radius 1 is 1.07 bits per heavy atom. The first-order valence-corrected chi connectivity index (χ1v) is 10.8. The maximum absolute atomic E-state index is 13.0. The van der Waals surface area contributed by atoms with Crippen LogP contribution in [0.3, 0.4) is 0 Å². The van der Waals surface area contributed by atoms with Crippen molar-refractivity contribution in [1.82, 2.24) is 0 Å². The lowest BCUT2D eigenvalue weighted by Gasteiger charge is -2.23. The third-order valence-electron chi connectivity index (χ3n) is 4.66. The van der Waals surface area contributed by atoms with Gasteiger partial charge in [-0.1, -0.05) is 30.3 Å². The molecule has 1 aliphatic rings. The zero-order chi connectivity index (χ0) is 19.9. The zero-order valence-corrected chi connectivity index (χ0v) is 16.1. The van der Waals surface area contributed by atoms with E-state index < -0.39 is 15.8 Å². The second-order valence-electron chi connectivity index (χ2n) is 6.39. The van der Waals surface area contributed by atoms with Crippen molar-refractivity contribution in [2.75, 3.05) is 5.32 Å². The van der Waals surface area contributed by atoms with E-state index in [2.05, 4.69) is 5.32 Å². The predicted octanol–water partition coefficient (Wildman–Crippen LogP) is 3.75. The monoisotopic (exact) mass is 413 g/mol. The van der Waals surface area contributed by atoms with Gasteiger partial charge in [-0.15, -0.1) is 11.3 Å². The summed E-state index contributed by atoms with van der Waals surface area (Å²) in [5.74, 6) is -1.62. The number of hydrogen-bond acceptors (Lipinski definition) is 5. The van der Waals surface area contributed by atoms with Crippen LogP contribution in [-0.4, -0.2) is 25.4 Å². The zero-order valence-electron chi connectivity index (χ0n) is 14.5. The predicted molar refractivity (Wildman–Crippen MR) is 105 cm³/mol. The van der Waals surface area contributed by atoms with E-state index in [1.165, 1.54) is 35.6 Å². The minimum Gasteiger partial charge on any atom is -0.478 e. The third kappa shape index (κ3) is 3.10. The molecule has 0 aliphatic carbocycles. The minimum absolute atomic E-state index is 0.0823. The minimum atomic E-state index is -3.77. The van der Waals surface area contributed by atoms with Gasteiger partial charge in [0.1, 0.15) is 4.90 Å². The summed E-state index contributed by atoms with van der Waals surface area (Å²) >= 11 is 1.28. The number of carboxylic acid groups (broad SMARTS) is 1. The summed E-state index contributed by atoms with van der Waals surface area (Å²) in [7, 11) is -3.77. The van der Waals surface area contributed by atoms with Gasteiger partial charge in [0.05, 0.1) is 16.1 Å². The van der Waals surface area contributed by atoms with Crippen molar-refractivity contribution in [2.45, 2.75) is 22.1 Å². The van der Waals surface area contributed by atoms with Crippen LogP contribution >= 0.6 is 11.3 Å². The molecule has 28 heavy (non-hydrogen) atoms. The summed E-state index contributed by atoms with van der Waals surface area (Å²) in [5.41, 5.74) is 1.24. The van der Waals surface area contributed by atoms with Crippen LogP contribution in [0.25, 0.3) is 0 Å². The van der Waals surface area contributed by atoms with E-state index >= 15 is 0 Å². The molecule has 8 heteroatoms. The van der Waals surface area contributed by atoms with Crippen LogP contribution in [0.2, 0.25) is 0 Å². The Morgan fingerprint density at radius 3 is 2.39 bits per heavy atom. The Labute approximate surface area is 165 Å². The second-order valence-corrected chi connectivity index (χ2v) is 9.22. The summed E-state index contributed by atoms with van der Waals surface area (Å²) in [5, 5.41) is 13.3. The number of aromatic carboxylic acids is 1. The van der Waals surface area contributed by atoms with Crippen LogP contribution in [0.15, 0.2) is 69.8 Å². The average molecular weight is 413 g/mol. The van der Waals surface area contributed by atoms with E-state index in [0.717, 1.165) is 10.4 Å². The molecule has 3 aromatic rings. The fourth-order valence-corrected chi connectivity index (χ4v) is 6.19. The van der Waals surface area contributed by atoms with Gasteiger partial charge >= 0.3 is 5.97 Å². The molecule has 0 bridgehead atoms. The van der Waals surface area contributed by atoms with Gasteiger partial charge < -0.3 is 10.4 Å². The van der Waals surface area contributed by atoms with Crippen molar-refractivity contribution in [1.29, 1.82) is 0 Å². The Kier molecular flexibility index (Phi) is 4.52. The van der Waals surface area contributed by atoms with E-state index in [0.29, 0.717) is 5.69 Å². The highest BCUT2D eigenvalue weighted by Gasteiger charge is 2.34. The molecule has 1 aliphatic heterocycles. The standard InChI is InChI=1S/C20H15NO5S2/c22-17-10-15(12-6-8-13(9-7-12)20(23)24)19-18(21-17)16(11-27-19)28(25,26)14-4-2-1-3-5-14/h1-9,11,15H,10H2,(H,21,22)(H,23,24). The third-order valence-corrected chi connectivity index (χ3v) is 7.70. The number of hydrogen-bond donors (Lipinski definition) is 2. The molecule has 0 saturated carbocycles. The number of anilines is 1. The van der Waals surface area contributed by atoms with Crippen LogP contribution in [0, 0.1) is 0 Å². The van der Waals surface area contributed by atoms with Crippen molar-refractivity contribution in [3.63, 3.8) is 0 Å². The number of thiophene rings is 1. The molecule has 1 amide bonds. The number of carboxylic acids is 1. The Balaban J connectivity index is 1.79. The largest absolute Gasteiger partial charge is 0.478 e. The van der Waals surface area contributed by atoms with Gasteiger partial charge in [-0.05, 0) is 29.8 Å². The quantitative estimate of drug-likeness (QED) is 0.678. The number of nitrogens with one attached hydrogen (secondary N) is 1. The normalized spacial score (nSPS) is 16.3. The molecule has 0 saturated heterocycles. The maximum atomic E-state index is 13.0. The van der Waals surface area contributed by atoms with Gasteiger partial charge in [-0.2, -0.15) is 0 Å². The van der Waals surface area contributed by atoms with Gasteiger partial charge in [-0.3, -0.25) is 4.79 Å². The van der Waals surface area contributed by atoms with Crippen molar-refractivity contribution in [3.05, 3.63) is 76.0 Å². The Bertz CT molecular complexity index is 1170. The molecular formula is C20H15NO5S2. The lowest BCUT2D eigenvalue weighted by Crippen LogP contribution is -2.23. The van der Waals surface area contributed by atoms with Crippen LogP contribution in [0.5, 0.6) is 0 Å².